The van der Waals surface area contributed by atoms with Crippen molar-refractivity contribution < 1.29 is 9.66 Å². The molecule has 1 aliphatic heterocycles. The van der Waals surface area contributed by atoms with Crippen LogP contribution in [-0.2, 0) is 7.05 Å². The standard InChI is InChI=1S/C19H21N7O3S/c1-13-11-16(24(2)23-13)29-19-17(26(27)28)18(21-12-22-19)25-9-6-14(7-10-25)30-15-5-3-4-8-20-15/h3-5,8,11-12,14H,6-7,9-10H2,1-2H3. The predicted octanol–water partition coefficient (Wildman–Crippen LogP) is 3.38. The van der Waals surface area contributed by atoms with Crippen molar-refractivity contribution >= 4 is 23.3 Å². The molecule has 1 fully saturated rings. The van der Waals surface area contributed by atoms with E-state index in [-0.39, 0.29) is 17.4 Å². The molecular formula is C19H21N7O3S. The Morgan fingerprint density at radius 1 is 1.23 bits per heavy atom. The predicted molar refractivity (Wildman–Crippen MR) is 112 cm³/mol. The van der Waals surface area contributed by atoms with Crippen molar-refractivity contribution in [3.8, 4) is 11.8 Å². The van der Waals surface area contributed by atoms with E-state index in [0.717, 1.165) is 23.6 Å². The van der Waals surface area contributed by atoms with Crippen LogP contribution < -0.4 is 9.64 Å². The summed E-state index contributed by atoms with van der Waals surface area (Å²) in [5.41, 5.74) is 0.518. The second-order valence-electron chi connectivity index (χ2n) is 6.93. The second kappa shape index (κ2) is 8.66. The molecule has 0 bridgehead atoms. The molecule has 0 unspecified atom stereocenters. The number of hydrogen-bond acceptors (Lipinski definition) is 9. The number of piperidine rings is 1. The van der Waals surface area contributed by atoms with Crippen molar-refractivity contribution in [2.75, 3.05) is 18.0 Å². The fourth-order valence-corrected chi connectivity index (χ4v) is 4.44. The van der Waals surface area contributed by atoms with Gasteiger partial charge >= 0.3 is 11.6 Å². The van der Waals surface area contributed by atoms with Crippen molar-refractivity contribution in [2.24, 2.45) is 7.05 Å². The van der Waals surface area contributed by atoms with E-state index in [4.69, 9.17) is 4.74 Å². The number of nitrogens with zero attached hydrogens (tertiary/aromatic N) is 7. The number of nitro groups is 1. The summed E-state index contributed by atoms with van der Waals surface area (Å²) in [7, 11) is 1.71. The largest absolute Gasteiger partial charge is 0.415 e. The van der Waals surface area contributed by atoms with Crippen LogP contribution in [0.5, 0.6) is 11.8 Å². The van der Waals surface area contributed by atoms with Crippen LogP contribution in [0, 0.1) is 17.0 Å². The van der Waals surface area contributed by atoms with Crippen LogP contribution in [0.1, 0.15) is 18.5 Å². The minimum Gasteiger partial charge on any atom is -0.415 e. The molecule has 3 aromatic heterocycles. The molecule has 0 radical (unpaired) electrons. The highest BCUT2D eigenvalue weighted by Crippen LogP contribution is 2.38. The van der Waals surface area contributed by atoms with Gasteiger partial charge in [0.2, 0.25) is 11.7 Å². The van der Waals surface area contributed by atoms with Gasteiger partial charge in [-0.1, -0.05) is 6.07 Å². The average Bonchev–Trinajstić information content (AvgIpc) is 3.05. The Hall–Kier alpha value is -3.21. The number of thioether (sulfide) groups is 1. The van der Waals surface area contributed by atoms with Crippen LogP contribution in [0.2, 0.25) is 0 Å². The lowest BCUT2D eigenvalue weighted by Crippen LogP contribution is -2.35. The van der Waals surface area contributed by atoms with Gasteiger partial charge in [-0.05, 0) is 31.9 Å². The molecular weight excluding hydrogens is 406 g/mol. The summed E-state index contributed by atoms with van der Waals surface area (Å²) in [5, 5.41) is 17.5. The summed E-state index contributed by atoms with van der Waals surface area (Å²) in [4.78, 5) is 25.9. The number of rotatable bonds is 6. The van der Waals surface area contributed by atoms with Gasteiger partial charge in [0, 0.05) is 37.7 Å². The van der Waals surface area contributed by atoms with Crippen molar-refractivity contribution in [1.82, 2.24) is 24.7 Å². The first-order chi connectivity index (χ1) is 14.5. The number of ether oxygens (including phenoxy) is 1. The highest BCUT2D eigenvalue weighted by molar-refractivity contribution is 7.99. The summed E-state index contributed by atoms with van der Waals surface area (Å²) in [6.45, 7) is 3.14. The Bertz CT molecular complexity index is 1040. The third-order valence-electron chi connectivity index (χ3n) is 4.78. The van der Waals surface area contributed by atoms with Crippen molar-refractivity contribution in [3.63, 3.8) is 0 Å². The van der Waals surface area contributed by atoms with Gasteiger partial charge in [0.15, 0.2) is 0 Å². The third-order valence-corrected chi connectivity index (χ3v) is 6.07. The topological polar surface area (TPSA) is 112 Å². The van der Waals surface area contributed by atoms with Crippen LogP contribution in [0.4, 0.5) is 11.5 Å². The summed E-state index contributed by atoms with van der Waals surface area (Å²) in [5.74, 6) is 0.578. The lowest BCUT2D eigenvalue weighted by Gasteiger charge is -2.31. The van der Waals surface area contributed by atoms with E-state index in [1.807, 2.05) is 30.0 Å². The molecule has 1 aliphatic rings. The molecule has 0 spiro atoms. The van der Waals surface area contributed by atoms with Crippen LogP contribution in [0.3, 0.4) is 0 Å². The van der Waals surface area contributed by atoms with E-state index in [9.17, 15) is 10.1 Å². The maximum absolute atomic E-state index is 11.9. The Morgan fingerprint density at radius 2 is 2.03 bits per heavy atom. The third kappa shape index (κ3) is 4.35. The van der Waals surface area contributed by atoms with Gasteiger partial charge in [-0.15, -0.1) is 11.8 Å². The van der Waals surface area contributed by atoms with E-state index in [1.54, 1.807) is 31.1 Å². The maximum Gasteiger partial charge on any atom is 0.373 e. The molecule has 0 atom stereocenters. The molecule has 0 saturated carbocycles. The minimum absolute atomic E-state index is 0.0852. The van der Waals surface area contributed by atoms with Gasteiger partial charge in [-0.2, -0.15) is 10.1 Å². The molecule has 3 aromatic rings. The van der Waals surface area contributed by atoms with Gasteiger partial charge in [-0.25, -0.2) is 14.6 Å². The summed E-state index contributed by atoms with van der Waals surface area (Å²) in [6, 6.07) is 7.56. The fourth-order valence-electron chi connectivity index (χ4n) is 3.37. The molecule has 4 heterocycles. The molecule has 4 rings (SSSR count). The highest BCUT2D eigenvalue weighted by Gasteiger charge is 2.31. The Morgan fingerprint density at radius 3 is 2.67 bits per heavy atom. The van der Waals surface area contributed by atoms with Gasteiger partial charge in [0.05, 0.1) is 15.6 Å². The lowest BCUT2D eigenvalue weighted by molar-refractivity contribution is -0.385. The highest BCUT2D eigenvalue weighted by atomic mass is 32.2. The summed E-state index contributed by atoms with van der Waals surface area (Å²) in [6.07, 6.45) is 4.83. The molecule has 11 heteroatoms. The lowest BCUT2D eigenvalue weighted by atomic mass is 10.1. The Balaban J connectivity index is 1.51. The summed E-state index contributed by atoms with van der Waals surface area (Å²) >= 11 is 1.74. The van der Waals surface area contributed by atoms with Gasteiger partial charge in [-0.3, -0.25) is 10.1 Å². The average molecular weight is 427 g/mol. The monoisotopic (exact) mass is 427 g/mol. The first kappa shape index (κ1) is 20.1. The molecule has 0 aliphatic carbocycles. The van der Waals surface area contributed by atoms with Gasteiger partial charge in [0.1, 0.15) is 6.33 Å². The van der Waals surface area contributed by atoms with Crippen molar-refractivity contribution in [3.05, 3.63) is 52.6 Å². The summed E-state index contributed by atoms with van der Waals surface area (Å²) < 4.78 is 7.24. The molecule has 0 aromatic carbocycles. The number of hydrogen-bond donors (Lipinski definition) is 0. The zero-order valence-corrected chi connectivity index (χ0v) is 17.4. The normalized spacial score (nSPS) is 14.7. The molecule has 156 valence electrons. The molecule has 0 amide bonds. The van der Waals surface area contributed by atoms with Gasteiger partial charge < -0.3 is 9.64 Å². The number of aryl methyl sites for hydroxylation is 2. The van der Waals surface area contributed by atoms with E-state index < -0.39 is 4.92 Å². The number of aromatic nitrogens is 5. The zero-order chi connectivity index (χ0) is 21.1. The minimum atomic E-state index is -0.484. The van der Waals surface area contributed by atoms with Crippen LogP contribution in [0.25, 0.3) is 0 Å². The van der Waals surface area contributed by atoms with Crippen molar-refractivity contribution in [1.29, 1.82) is 0 Å². The molecule has 1 saturated heterocycles. The van der Waals surface area contributed by atoms with Crippen LogP contribution >= 0.6 is 11.8 Å². The Labute approximate surface area is 177 Å². The SMILES string of the molecule is Cc1cc(Oc2ncnc(N3CCC(Sc4ccccn4)CC3)c2[N+](=O)[O-])n(C)n1. The first-order valence-corrected chi connectivity index (χ1v) is 10.4. The number of pyridine rings is 1. The van der Waals surface area contributed by atoms with Crippen LogP contribution in [-0.4, -0.2) is 48.0 Å². The first-order valence-electron chi connectivity index (χ1n) is 9.52. The van der Waals surface area contributed by atoms with E-state index >= 15 is 0 Å². The maximum atomic E-state index is 11.9. The molecule has 0 N–H and O–H groups in total. The smallest absolute Gasteiger partial charge is 0.373 e. The second-order valence-corrected chi connectivity index (χ2v) is 8.25. The van der Waals surface area contributed by atoms with Gasteiger partial charge in [0.25, 0.3) is 0 Å². The van der Waals surface area contributed by atoms with Crippen LogP contribution in [0.15, 0.2) is 41.8 Å². The fraction of sp³-hybridized carbons (Fsp3) is 0.368. The Kier molecular flexibility index (Phi) is 5.79. The zero-order valence-electron chi connectivity index (χ0n) is 16.6. The van der Waals surface area contributed by atoms with E-state index in [1.165, 1.54) is 11.0 Å². The molecule has 10 nitrogen and oxygen atoms in total. The van der Waals surface area contributed by atoms with Crippen molar-refractivity contribution in [2.45, 2.75) is 30.0 Å². The number of anilines is 1. The van der Waals surface area contributed by atoms with E-state index in [0.29, 0.717) is 24.2 Å². The quantitative estimate of drug-likeness (QED) is 0.431. The molecule has 30 heavy (non-hydrogen) atoms. The van der Waals surface area contributed by atoms with E-state index in [2.05, 4.69) is 20.1 Å².